The van der Waals surface area contributed by atoms with Gasteiger partial charge in [0.15, 0.2) is 5.82 Å². The summed E-state index contributed by atoms with van der Waals surface area (Å²) in [4.78, 5) is 10.9. The molecule has 1 aromatic carbocycles. The predicted octanol–water partition coefficient (Wildman–Crippen LogP) is 2.73. The zero-order valence-corrected chi connectivity index (χ0v) is 10.8. The van der Waals surface area contributed by atoms with Crippen molar-refractivity contribution in [3.05, 3.63) is 28.0 Å². The van der Waals surface area contributed by atoms with Gasteiger partial charge in [0.1, 0.15) is 11.6 Å². The minimum atomic E-state index is -1.30. The molecular formula is C11H10BrFN2O2. The van der Waals surface area contributed by atoms with Crippen LogP contribution >= 0.6 is 15.9 Å². The first-order chi connectivity index (χ1) is 7.79. The number of hydrogen-bond donors (Lipinski definition) is 2. The van der Waals surface area contributed by atoms with E-state index in [1.165, 1.54) is 26.0 Å². The number of halogens is 2. The number of nitrogens with zero attached hydrogens (tertiary/aromatic N) is 1. The number of benzene rings is 1. The molecule has 2 N–H and O–H groups in total. The van der Waals surface area contributed by atoms with Crippen LogP contribution in [0.15, 0.2) is 16.6 Å². The lowest BCUT2D eigenvalue weighted by Crippen LogP contribution is -2.40. The first-order valence-corrected chi connectivity index (χ1v) is 5.48. The molecule has 6 heteroatoms. The number of nitrogens with one attached hydrogen (secondary N) is 1. The van der Waals surface area contributed by atoms with E-state index in [1.54, 1.807) is 0 Å². The number of nitriles is 1. The molecule has 0 aliphatic rings. The van der Waals surface area contributed by atoms with Crippen molar-refractivity contribution in [3.8, 4) is 6.07 Å². The molecule has 17 heavy (non-hydrogen) atoms. The first-order valence-electron chi connectivity index (χ1n) is 4.69. The second kappa shape index (κ2) is 4.72. The maximum absolute atomic E-state index is 13.8. The van der Waals surface area contributed by atoms with E-state index in [1.807, 2.05) is 6.07 Å². The summed E-state index contributed by atoms with van der Waals surface area (Å²) in [5, 5.41) is 20.2. The zero-order valence-electron chi connectivity index (χ0n) is 9.21. The van der Waals surface area contributed by atoms with E-state index in [0.29, 0.717) is 0 Å². The molecular weight excluding hydrogens is 291 g/mol. The van der Waals surface area contributed by atoms with Crippen LogP contribution < -0.4 is 5.32 Å². The Morgan fingerprint density at radius 3 is 2.65 bits per heavy atom. The van der Waals surface area contributed by atoms with Gasteiger partial charge in [0.2, 0.25) is 0 Å². The standard InChI is InChI=1S/C11H10BrFN2O2/c1-11(2,10(16)17)15-7-4-3-6(5-14)8(12)9(7)13/h3-4,15H,1-2H3,(H,16,17). The summed E-state index contributed by atoms with van der Waals surface area (Å²) in [6, 6.07) is 4.56. The van der Waals surface area contributed by atoms with E-state index in [2.05, 4.69) is 21.2 Å². The van der Waals surface area contributed by atoms with Gasteiger partial charge in [-0.1, -0.05) is 0 Å². The normalized spacial score (nSPS) is 10.8. The lowest BCUT2D eigenvalue weighted by atomic mass is 10.1. The number of carboxylic acids is 1. The van der Waals surface area contributed by atoms with E-state index in [0.717, 1.165) is 0 Å². The van der Waals surface area contributed by atoms with Gasteiger partial charge in [0, 0.05) is 0 Å². The number of aliphatic carboxylic acids is 1. The fourth-order valence-electron chi connectivity index (χ4n) is 1.12. The van der Waals surface area contributed by atoms with Crippen molar-refractivity contribution in [2.24, 2.45) is 0 Å². The average molecular weight is 301 g/mol. The molecule has 0 heterocycles. The molecule has 0 spiro atoms. The van der Waals surface area contributed by atoms with Crippen molar-refractivity contribution in [1.82, 2.24) is 0 Å². The highest BCUT2D eigenvalue weighted by Crippen LogP contribution is 2.28. The molecule has 0 radical (unpaired) electrons. The quantitative estimate of drug-likeness (QED) is 0.900. The number of rotatable bonds is 3. The van der Waals surface area contributed by atoms with Crippen LogP contribution in [0.4, 0.5) is 10.1 Å². The van der Waals surface area contributed by atoms with Crippen LogP contribution in [0.25, 0.3) is 0 Å². The third kappa shape index (κ3) is 2.74. The first kappa shape index (κ1) is 13.5. The summed E-state index contributed by atoms with van der Waals surface area (Å²) in [6.07, 6.45) is 0. The second-order valence-corrected chi connectivity index (χ2v) is 4.75. The summed E-state index contributed by atoms with van der Waals surface area (Å²) in [7, 11) is 0. The Morgan fingerprint density at radius 1 is 1.59 bits per heavy atom. The summed E-state index contributed by atoms with van der Waals surface area (Å²) < 4.78 is 13.8. The SMILES string of the molecule is CC(C)(Nc1ccc(C#N)c(Br)c1F)C(=O)O. The smallest absolute Gasteiger partial charge is 0.328 e. The highest BCUT2D eigenvalue weighted by atomic mass is 79.9. The molecule has 0 unspecified atom stereocenters. The third-order valence-corrected chi connectivity index (χ3v) is 2.96. The van der Waals surface area contributed by atoms with Gasteiger partial charge in [-0.3, -0.25) is 0 Å². The third-order valence-electron chi connectivity index (χ3n) is 2.18. The molecule has 0 aromatic heterocycles. The van der Waals surface area contributed by atoms with Gasteiger partial charge in [0.05, 0.1) is 15.7 Å². The van der Waals surface area contributed by atoms with Crippen molar-refractivity contribution in [3.63, 3.8) is 0 Å². The number of anilines is 1. The summed E-state index contributed by atoms with van der Waals surface area (Å²) >= 11 is 2.95. The number of hydrogen-bond acceptors (Lipinski definition) is 3. The van der Waals surface area contributed by atoms with Gasteiger partial charge in [-0.25, -0.2) is 9.18 Å². The molecule has 4 nitrogen and oxygen atoms in total. The van der Waals surface area contributed by atoms with Crippen LogP contribution in [-0.4, -0.2) is 16.6 Å². The molecule has 0 bridgehead atoms. The van der Waals surface area contributed by atoms with E-state index in [4.69, 9.17) is 10.4 Å². The van der Waals surface area contributed by atoms with Gasteiger partial charge >= 0.3 is 5.97 Å². The van der Waals surface area contributed by atoms with Gasteiger partial charge in [-0.15, -0.1) is 0 Å². The van der Waals surface area contributed by atoms with Crippen LogP contribution in [-0.2, 0) is 4.79 Å². The van der Waals surface area contributed by atoms with E-state index < -0.39 is 17.3 Å². The van der Waals surface area contributed by atoms with E-state index in [9.17, 15) is 9.18 Å². The van der Waals surface area contributed by atoms with Crippen molar-refractivity contribution in [2.75, 3.05) is 5.32 Å². The molecule has 0 aliphatic heterocycles. The van der Waals surface area contributed by atoms with Crippen molar-refractivity contribution in [1.29, 1.82) is 5.26 Å². The lowest BCUT2D eigenvalue weighted by molar-refractivity contribution is -0.141. The molecule has 0 atom stereocenters. The largest absolute Gasteiger partial charge is 0.480 e. The van der Waals surface area contributed by atoms with Crippen LogP contribution in [0.2, 0.25) is 0 Å². The minimum absolute atomic E-state index is 0.0196. The Morgan fingerprint density at radius 2 is 2.18 bits per heavy atom. The van der Waals surface area contributed by atoms with Gasteiger partial charge in [-0.2, -0.15) is 5.26 Å². The predicted molar refractivity (Wildman–Crippen MR) is 64.2 cm³/mol. The fraction of sp³-hybridized carbons (Fsp3) is 0.273. The number of carboxylic acid groups (broad SMARTS) is 1. The highest BCUT2D eigenvalue weighted by molar-refractivity contribution is 9.10. The second-order valence-electron chi connectivity index (χ2n) is 3.96. The summed E-state index contributed by atoms with van der Waals surface area (Å²) in [6.45, 7) is 2.84. The Labute approximate surface area is 106 Å². The average Bonchev–Trinajstić information content (AvgIpc) is 2.25. The van der Waals surface area contributed by atoms with Crippen LogP contribution in [0.5, 0.6) is 0 Å². The Kier molecular flexibility index (Phi) is 3.73. The molecule has 0 saturated heterocycles. The highest BCUT2D eigenvalue weighted by Gasteiger charge is 2.28. The Balaban J connectivity index is 3.15. The van der Waals surface area contributed by atoms with Crippen LogP contribution in [0.3, 0.4) is 0 Å². The Bertz CT molecular complexity index is 509. The van der Waals surface area contributed by atoms with E-state index >= 15 is 0 Å². The van der Waals surface area contributed by atoms with Crippen molar-refractivity contribution < 1.29 is 14.3 Å². The maximum Gasteiger partial charge on any atom is 0.328 e. The maximum atomic E-state index is 13.8. The lowest BCUT2D eigenvalue weighted by Gasteiger charge is -2.23. The molecule has 1 rings (SSSR count). The Hall–Kier alpha value is -1.61. The van der Waals surface area contributed by atoms with E-state index in [-0.39, 0.29) is 15.7 Å². The monoisotopic (exact) mass is 300 g/mol. The molecule has 0 amide bonds. The van der Waals surface area contributed by atoms with Gasteiger partial charge in [-0.05, 0) is 41.9 Å². The summed E-state index contributed by atoms with van der Waals surface area (Å²) in [5.41, 5.74) is -1.11. The van der Waals surface area contributed by atoms with Crippen LogP contribution in [0, 0.1) is 17.1 Å². The van der Waals surface area contributed by atoms with Gasteiger partial charge < -0.3 is 10.4 Å². The molecule has 0 saturated carbocycles. The summed E-state index contributed by atoms with van der Waals surface area (Å²) in [5.74, 6) is -1.78. The molecule has 0 aliphatic carbocycles. The fourth-order valence-corrected chi connectivity index (χ4v) is 1.56. The molecule has 90 valence electrons. The number of carbonyl (C=O) groups is 1. The minimum Gasteiger partial charge on any atom is -0.480 e. The zero-order chi connectivity index (χ0) is 13.2. The molecule has 1 aromatic rings. The topological polar surface area (TPSA) is 73.1 Å². The molecule has 0 fully saturated rings. The van der Waals surface area contributed by atoms with Crippen molar-refractivity contribution in [2.45, 2.75) is 19.4 Å². The van der Waals surface area contributed by atoms with Crippen molar-refractivity contribution >= 4 is 27.6 Å². The van der Waals surface area contributed by atoms with Gasteiger partial charge in [0.25, 0.3) is 0 Å². The van der Waals surface area contributed by atoms with Crippen LogP contribution in [0.1, 0.15) is 19.4 Å².